The standard InChI is InChI=1S/C17H16O2S/c1-19-15-10-8-13(9-11-15)16(18)12-17(20-2)14-6-4-3-5-7-14/h3-12H,1-2H3/b17-12-. The maximum absolute atomic E-state index is 12.3. The fourth-order valence-corrected chi connectivity index (χ4v) is 2.42. The quantitative estimate of drug-likeness (QED) is 0.605. The molecule has 0 amide bonds. The lowest BCUT2D eigenvalue weighted by atomic mass is 10.1. The van der Waals surface area contributed by atoms with Crippen LogP contribution in [0.2, 0.25) is 0 Å². The number of benzene rings is 2. The minimum atomic E-state index is 0.000793. The summed E-state index contributed by atoms with van der Waals surface area (Å²) >= 11 is 1.57. The summed E-state index contributed by atoms with van der Waals surface area (Å²) in [7, 11) is 1.61. The molecule has 2 aromatic rings. The first-order chi connectivity index (χ1) is 9.74. The lowest BCUT2D eigenvalue weighted by molar-refractivity contribution is 0.104. The molecule has 0 saturated carbocycles. The Morgan fingerprint density at radius 2 is 1.65 bits per heavy atom. The van der Waals surface area contributed by atoms with E-state index in [0.29, 0.717) is 5.56 Å². The van der Waals surface area contributed by atoms with E-state index in [0.717, 1.165) is 16.2 Å². The molecule has 0 aromatic heterocycles. The van der Waals surface area contributed by atoms with Gasteiger partial charge in [0, 0.05) is 16.5 Å². The molecule has 0 aliphatic carbocycles. The van der Waals surface area contributed by atoms with E-state index in [2.05, 4.69) is 0 Å². The van der Waals surface area contributed by atoms with Crippen molar-refractivity contribution in [3.8, 4) is 5.75 Å². The van der Waals surface area contributed by atoms with Crippen molar-refractivity contribution in [2.75, 3.05) is 13.4 Å². The number of carbonyl (C=O) groups excluding carboxylic acids is 1. The molecule has 0 unspecified atom stereocenters. The van der Waals surface area contributed by atoms with Gasteiger partial charge in [-0.3, -0.25) is 4.79 Å². The van der Waals surface area contributed by atoms with Crippen molar-refractivity contribution >= 4 is 22.5 Å². The first kappa shape index (κ1) is 14.4. The van der Waals surface area contributed by atoms with Crippen LogP contribution in [0.15, 0.2) is 60.7 Å². The molecule has 0 spiro atoms. The number of rotatable bonds is 5. The van der Waals surface area contributed by atoms with Gasteiger partial charge in [-0.05, 0) is 36.1 Å². The van der Waals surface area contributed by atoms with Gasteiger partial charge in [-0.2, -0.15) is 0 Å². The highest BCUT2D eigenvalue weighted by atomic mass is 32.2. The molecule has 2 rings (SSSR count). The second-order valence-corrected chi connectivity index (χ2v) is 5.02. The van der Waals surface area contributed by atoms with E-state index in [-0.39, 0.29) is 5.78 Å². The monoisotopic (exact) mass is 284 g/mol. The van der Waals surface area contributed by atoms with Crippen LogP contribution in [-0.2, 0) is 0 Å². The van der Waals surface area contributed by atoms with Crippen LogP contribution in [0.4, 0.5) is 0 Å². The van der Waals surface area contributed by atoms with Gasteiger partial charge in [0.05, 0.1) is 7.11 Å². The molecule has 20 heavy (non-hydrogen) atoms. The lowest BCUT2D eigenvalue weighted by Gasteiger charge is -2.05. The van der Waals surface area contributed by atoms with Crippen LogP contribution >= 0.6 is 11.8 Å². The van der Waals surface area contributed by atoms with Crippen molar-refractivity contribution in [2.45, 2.75) is 0 Å². The van der Waals surface area contributed by atoms with Crippen molar-refractivity contribution in [3.63, 3.8) is 0 Å². The van der Waals surface area contributed by atoms with E-state index in [4.69, 9.17) is 4.74 Å². The molecule has 0 radical (unpaired) electrons. The second kappa shape index (κ2) is 6.96. The van der Waals surface area contributed by atoms with Gasteiger partial charge in [-0.25, -0.2) is 0 Å². The molecule has 0 saturated heterocycles. The predicted molar refractivity (Wildman–Crippen MR) is 85.3 cm³/mol. The Morgan fingerprint density at radius 1 is 1.00 bits per heavy atom. The van der Waals surface area contributed by atoms with Crippen LogP contribution in [0.5, 0.6) is 5.75 Å². The van der Waals surface area contributed by atoms with Gasteiger partial charge in [-0.1, -0.05) is 30.3 Å². The van der Waals surface area contributed by atoms with Gasteiger partial charge in [0.1, 0.15) is 5.75 Å². The summed E-state index contributed by atoms with van der Waals surface area (Å²) in [5.74, 6) is 0.750. The highest BCUT2D eigenvalue weighted by molar-refractivity contribution is 8.07. The molecule has 0 bridgehead atoms. The fraction of sp³-hybridized carbons (Fsp3) is 0.118. The van der Waals surface area contributed by atoms with Crippen LogP contribution in [0.25, 0.3) is 4.91 Å². The third kappa shape index (κ3) is 3.52. The van der Waals surface area contributed by atoms with E-state index in [1.807, 2.05) is 36.6 Å². The van der Waals surface area contributed by atoms with E-state index in [1.54, 1.807) is 49.2 Å². The Morgan fingerprint density at radius 3 is 2.20 bits per heavy atom. The van der Waals surface area contributed by atoms with Crippen LogP contribution in [0.3, 0.4) is 0 Å². The molecule has 3 heteroatoms. The third-order valence-electron chi connectivity index (χ3n) is 2.91. The van der Waals surface area contributed by atoms with Gasteiger partial charge < -0.3 is 4.74 Å². The van der Waals surface area contributed by atoms with Crippen LogP contribution < -0.4 is 4.74 Å². The maximum Gasteiger partial charge on any atom is 0.186 e. The smallest absolute Gasteiger partial charge is 0.186 e. The van der Waals surface area contributed by atoms with Crippen molar-refractivity contribution in [3.05, 3.63) is 71.8 Å². The Labute approximate surface area is 123 Å². The molecule has 2 aromatic carbocycles. The number of hydrogen-bond donors (Lipinski definition) is 0. The molecule has 0 aliphatic rings. The van der Waals surface area contributed by atoms with E-state index in [1.165, 1.54) is 0 Å². The third-order valence-corrected chi connectivity index (χ3v) is 3.71. The zero-order valence-corrected chi connectivity index (χ0v) is 12.3. The highest BCUT2D eigenvalue weighted by Gasteiger charge is 2.06. The average Bonchev–Trinajstić information content (AvgIpc) is 2.53. The van der Waals surface area contributed by atoms with Crippen molar-refractivity contribution in [1.29, 1.82) is 0 Å². The predicted octanol–water partition coefficient (Wildman–Crippen LogP) is 4.28. The summed E-state index contributed by atoms with van der Waals surface area (Å²) in [4.78, 5) is 13.2. The molecular formula is C17H16O2S. The summed E-state index contributed by atoms with van der Waals surface area (Å²) in [6.07, 6.45) is 3.65. The van der Waals surface area contributed by atoms with Gasteiger partial charge in [-0.15, -0.1) is 11.8 Å². The number of allylic oxidation sites excluding steroid dienone is 1. The van der Waals surface area contributed by atoms with E-state index in [9.17, 15) is 4.79 Å². The zero-order chi connectivity index (χ0) is 14.4. The van der Waals surface area contributed by atoms with Gasteiger partial charge >= 0.3 is 0 Å². The van der Waals surface area contributed by atoms with Gasteiger partial charge in [0.25, 0.3) is 0 Å². The Kier molecular flexibility index (Phi) is 5.02. The number of carbonyl (C=O) groups is 1. The average molecular weight is 284 g/mol. The normalized spacial score (nSPS) is 11.2. The molecule has 0 fully saturated rings. The maximum atomic E-state index is 12.3. The summed E-state index contributed by atoms with van der Waals surface area (Å²) < 4.78 is 5.09. The number of thioether (sulfide) groups is 1. The molecule has 0 heterocycles. The first-order valence-electron chi connectivity index (χ1n) is 6.24. The molecular weight excluding hydrogens is 268 g/mol. The summed E-state index contributed by atoms with van der Waals surface area (Å²) in [6.45, 7) is 0. The van der Waals surface area contributed by atoms with E-state index < -0.39 is 0 Å². The topological polar surface area (TPSA) is 26.3 Å². The Balaban J connectivity index is 2.25. The van der Waals surface area contributed by atoms with Crippen molar-refractivity contribution in [2.24, 2.45) is 0 Å². The molecule has 0 atom stereocenters. The minimum absolute atomic E-state index is 0.000793. The highest BCUT2D eigenvalue weighted by Crippen LogP contribution is 2.25. The Bertz CT molecular complexity index is 601. The van der Waals surface area contributed by atoms with Crippen molar-refractivity contribution in [1.82, 2.24) is 0 Å². The first-order valence-corrected chi connectivity index (χ1v) is 7.46. The lowest BCUT2D eigenvalue weighted by Crippen LogP contribution is -1.96. The fourth-order valence-electron chi connectivity index (χ4n) is 1.82. The zero-order valence-electron chi connectivity index (χ0n) is 11.5. The molecule has 0 aliphatic heterocycles. The van der Waals surface area contributed by atoms with Crippen LogP contribution in [-0.4, -0.2) is 19.1 Å². The molecule has 2 nitrogen and oxygen atoms in total. The summed E-state index contributed by atoms with van der Waals surface area (Å²) in [5.41, 5.74) is 1.72. The van der Waals surface area contributed by atoms with Crippen LogP contribution in [0.1, 0.15) is 15.9 Å². The van der Waals surface area contributed by atoms with Gasteiger partial charge in [0.2, 0.25) is 0 Å². The SMILES string of the molecule is COc1ccc(C(=O)/C=C(\SC)c2ccccc2)cc1. The second-order valence-electron chi connectivity index (χ2n) is 4.17. The number of hydrogen-bond acceptors (Lipinski definition) is 3. The van der Waals surface area contributed by atoms with Crippen LogP contribution in [0, 0.1) is 0 Å². The number of ether oxygens (including phenoxy) is 1. The molecule has 102 valence electrons. The minimum Gasteiger partial charge on any atom is -0.497 e. The number of ketones is 1. The van der Waals surface area contributed by atoms with Gasteiger partial charge in [0.15, 0.2) is 5.78 Å². The summed E-state index contributed by atoms with van der Waals surface area (Å²) in [5, 5.41) is 0. The van der Waals surface area contributed by atoms with Crippen molar-refractivity contribution < 1.29 is 9.53 Å². The number of methoxy groups -OCH3 is 1. The Hall–Kier alpha value is -2.00. The largest absolute Gasteiger partial charge is 0.497 e. The van der Waals surface area contributed by atoms with E-state index >= 15 is 0 Å². The summed E-state index contributed by atoms with van der Waals surface area (Å²) in [6, 6.07) is 17.1. The molecule has 0 N–H and O–H groups in total.